The molecule has 0 amide bonds. The van der Waals surface area contributed by atoms with Crippen molar-refractivity contribution in [3.05, 3.63) is 12.4 Å². The van der Waals surface area contributed by atoms with Gasteiger partial charge in [-0.15, -0.1) is 5.10 Å². The molecule has 2 aromatic heterocycles. The first-order valence-electron chi connectivity index (χ1n) is 5.39. The van der Waals surface area contributed by atoms with Crippen LogP contribution in [0.15, 0.2) is 12.4 Å². The third kappa shape index (κ3) is 1.32. The van der Waals surface area contributed by atoms with E-state index in [9.17, 15) is 0 Å². The molecule has 2 aromatic rings. The Bertz CT molecular complexity index is 493. The van der Waals surface area contributed by atoms with Crippen molar-refractivity contribution >= 4 is 11.5 Å². The van der Waals surface area contributed by atoms with E-state index in [2.05, 4.69) is 25.4 Å². The minimum absolute atomic E-state index is 0.372. The van der Waals surface area contributed by atoms with E-state index in [-0.39, 0.29) is 0 Å². The van der Waals surface area contributed by atoms with Gasteiger partial charge in [-0.3, -0.25) is 4.98 Å². The van der Waals surface area contributed by atoms with Crippen LogP contribution < -0.4 is 10.6 Å². The molecule has 2 N–H and O–H groups in total. The average molecular weight is 219 g/mol. The maximum absolute atomic E-state index is 5.76. The van der Waals surface area contributed by atoms with E-state index in [4.69, 9.17) is 5.73 Å². The summed E-state index contributed by atoms with van der Waals surface area (Å²) in [6.07, 6.45) is 5.71. The summed E-state index contributed by atoms with van der Waals surface area (Å²) in [5.41, 5.74) is 6.42. The summed E-state index contributed by atoms with van der Waals surface area (Å²) in [5.74, 6) is 0.926. The van der Waals surface area contributed by atoms with E-state index in [0.717, 1.165) is 25.2 Å². The number of fused-ring (bicyclic) bond motifs is 1. The highest BCUT2D eigenvalue weighted by Crippen LogP contribution is 2.23. The second-order valence-corrected chi connectivity index (χ2v) is 3.94. The lowest BCUT2D eigenvalue weighted by Gasteiger charge is -2.24. The van der Waals surface area contributed by atoms with Crippen molar-refractivity contribution in [2.75, 3.05) is 18.0 Å². The molecule has 16 heavy (non-hydrogen) atoms. The highest BCUT2D eigenvalue weighted by molar-refractivity contribution is 5.47. The van der Waals surface area contributed by atoms with Crippen molar-refractivity contribution in [2.24, 2.45) is 5.73 Å². The van der Waals surface area contributed by atoms with E-state index in [1.807, 2.05) is 0 Å². The second kappa shape index (κ2) is 3.67. The van der Waals surface area contributed by atoms with E-state index in [1.165, 1.54) is 0 Å². The Morgan fingerprint density at radius 2 is 2.38 bits per heavy atom. The summed E-state index contributed by atoms with van der Waals surface area (Å²) in [7, 11) is 0. The fourth-order valence-electron chi connectivity index (χ4n) is 2.24. The van der Waals surface area contributed by atoms with Gasteiger partial charge in [0, 0.05) is 19.1 Å². The lowest BCUT2D eigenvalue weighted by Crippen LogP contribution is -2.36. The Kier molecular flexibility index (Phi) is 2.17. The molecule has 0 aromatic carbocycles. The lowest BCUT2D eigenvalue weighted by molar-refractivity contribution is 0.658. The smallest absolute Gasteiger partial charge is 0.199 e. The summed E-state index contributed by atoms with van der Waals surface area (Å²) in [5, 5.41) is 11.5. The normalized spacial score (nSPS) is 20.8. The van der Waals surface area contributed by atoms with Crippen LogP contribution in [-0.4, -0.2) is 44.2 Å². The molecule has 0 saturated carbocycles. The van der Waals surface area contributed by atoms with Crippen molar-refractivity contribution < 1.29 is 0 Å². The zero-order chi connectivity index (χ0) is 11.0. The lowest BCUT2D eigenvalue weighted by atomic mass is 10.2. The van der Waals surface area contributed by atoms with Crippen LogP contribution in [0.1, 0.15) is 12.8 Å². The van der Waals surface area contributed by atoms with Crippen LogP contribution in [0.5, 0.6) is 0 Å². The summed E-state index contributed by atoms with van der Waals surface area (Å²) in [6.45, 7) is 1.64. The minimum Gasteiger partial charge on any atom is -0.351 e. The number of hydrogen-bond donors (Lipinski definition) is 1. The summed E-state index contributed by atoms with van der Waals surface area (Å²) in [6, 6.07) is 0.372. The fourth-order valence-corrected chi connectivity index (χ4v) is 2.24. The van der Waals surface area contributed by atoms with Crippen LogP contribution >= 0.6 is 0 Å². The zero-order valence-corrected chi connectivity index (χ0v) is 8.82. The Labute approximate surface area is 92.3 Å². The Hall–Kier alpha value is -1.76. The van der Waals surface area contributed by atoms with Crippen molar-refractivity contribution in [1.82, 2.24) is 25.0 Å². The number of hydrogen-bond acceptors (Lipinski definition) is 6. The molecule has 84 valence electrons. The van der Waals surface area contributed by atoms with Crippen molar-refractivity contribution in [1.29, 1.82) is 0 Å². The monoisotopic (exact) mass is 219 g/mol. The molecule has 1 unspecified atom stereocenters. The predicted molar refractivity (Wildman–Crippen MR) is 58.0 cm³/mol. The van der Waals surface area contributed by atoms with Gasteiger partial charge in [0.1, 0.15) is 0 Å². The second-order valence-electron chi connectivity index (χ2n) is 3.94. The molecule has 3 rings (SSSR count). The predicted octanol–water partition coefficient (Wildman–Crippen LogP) is -0.553. The van der Waals surface area contributed by atoms with Gasteiger partial charge in [-0.05, 0) is 23.3 Å². The number of tetrazole rings is 1. The topological polar surface area (TPSA) is 85.2 Å². The largest absolute Gasteiger partial charge is 0.351 e. The fraction of sp³-hybridized carbons (Fsp3) is 0.556. The number of nitrogens with two attached hydrogens (primary N) is 1. The number of aromatic nitrogens is 5. The molecule has 0 radical (unpaired) electrons. The Morgan fingerprint density at radius 3 is 3.25 bits per heavy atom. The van der Waals surface area contributed by atoms with Crippen LogP contribution in [-0.2, 0) is 0 Å². The van der Waals surface area contributed by atoms with Gasteiger partial charge < -0.3 is 10.6 Å². The van der Waals surface area contributed by atoms with Crippen LogP contribution in [0.4, 0.5) is 5.82 Å². The van der Waals surface area contributed by atoms with Crippen molar-refractivity contribution in [3.63, 3.8) is 0 Å². The first kappa shape index (κ1) is 9.46. The first-order chi connectivity index (χ1) is 7.90. The van der Waals surface area contributed by atoms with Gasteiger partial charge in [0.15, 0.2) is 11.5 Å². The van der Waals surface area contributed by atoms with Crippen LogP contribution in [0, 0.1) is 0 Å². The molecule has 1 atom stereocenters. The molecule has 0 aliphatic carbocycles. The van der Waals surface area contributed by atoms with Gasteiger partial charge in [-0.25, -0.2) is 0 Å². The first-order valence-corrected chi connectivity index (χ1v) is 5.39. The van der Waals surface area contributed by atoms with E-state index >= 15 is 0 Å². The third-order valence-corrected chi connectivity index (χ3v) is 3.03. The van der Waals surface area contributed by atoms with Gasteiger partial charge >= 0.3 is 0 Å². The highest BCUT2D eigenvalue weighted by atomic mass is 15.5. The summed E-state index contributed by atoms with van der Waals surface area (Å²) < 4.78 is 1.71. The maximum atomic E-state index is 5.76. The van der Waals surface area contributed by atoms with Crippen molar-refractivity contribution in [2.45, 2.75) is 18.9 Å². The van der Waals surface area contributed by atoms with E-state index in [0.29, 0.717) is 18.2 Å². The minimum atomic E-state index is 0.372. The van der Waals surface area contributed by atoms with Crippen LogP contribution in [0.25, 0.3) is 5.65 Å². The highest BCUT2D eigenvalue weighted by Gasteiger charge is 2.25. The van der Waals surface area contributed by atoms with E-state index in [1.54, 1.807) is 16.9 Å². The zero-order valence-electron chi connectivity index (χ0n) is 8.82. The molecule has 0 spiro atoms. The number of anilines is 1. The molecule has 3 heterocycles. The molecule has 7 nitrogen and oxygen atoms in total. The maximum Gasteiger partial charge on any atom is 0.199 e. The van der Waals surface area contributed by atoms with Gasteiger partial charge in [-0.1, -0.05) is 0 Å². The van der Waals surface area contributed by atoms with Crippen LogP contribution in [0.2, 0.25) is 0 Å². The van der Waals surface area contributed by atoms with Gasteiger partial charge in [0.05, 0.1) is 12.4 Å². The third-order valence-electron chi connectivity index (χ3n) is 3.03. The molecule has 1 saturated heterocycles. The SMILES string of the molecule is NCC1CCCN1c1cncc2nnnn12. The van der Waals surface area contributed by atoms with Crippen molar-refractivity contribution in [3.8, 4) is 0 Å². The average Bonchev–Trinajstić information content (AvgIpc) is 2.96. The number of rotatable bonds is 2. The summed E-state index contributed by atoms with van der Waals surface area (Å²) >= 11 is 0. The van der Waals surface area contributed by atoms with Gasteiger partial charge in [0.25, 0.3) is 0 Å². The molecular formula is C9H13N7. The van der Waals surface area contributed by atoms with Gasteiger partial charge in [-0.2, -0.15) is 4.52 Å². The standard InChI is InChI=1S/C9H13N7/c10-4-7-2-1-3-15(7)9-6-11-5-8-12-13-14-16(8)9/h5-7H,1-4,10H2. The molecule has 1 aliphatic heterocycles. The summed E-state index contributed by atoms with van der Waals surface area (Å²) in [4.78, 5) is 6.39. The molecular weight excluding hydrogens is 206 g/mol. The Balaban J connectivity index is 2.07. The molecule has 1 fully saturated rings. The quantitative estimate of drug-likeness (QED) is 0.729. The molecule has 1 aliphatic rings. The Morgan fingerprint density at radius 1 is 1.44 bits per heavy atom. The van der Waals surface area contributed by atoms with E-state index < -0.39 is 0 Å². The molecule has 0 bridgehead atoms. The number of nitrogens with zero attached hydrogens (tertiary/aromatic N) is 6. The molecule has 7 heteroatoms. The van der Waals surface area contributed by atoms with Crippen LogP contribution in [0.3, 0.4) is 0 Å². The van der Waals surface area contributed by atoms with Gasteiger partial charge in [0.2, 0.25) is 0 Å².